The molecule has 23 heavy (non-hydrogen) atoms. The zero-order chi connectivity index (χ0) is 16.1. The van der Waals surface area contributed by atoms with E-state index < -0.39 is 0 Å². The predicted molar refractivity (Wildman–Crippen MR) is 89.8 cm³/mol. The van der Waals surface area contributed by atoms with E-state index in [0.717, 1.165) is 22.5 Å². The van der Waals surface area contributed by atoms with Crippen LogP contribution < -0.4 is 5.32 Å². The van der Waals surface area contributed by atoms with Crippen molar-refractivity contribution in [1.29, 1.82) is 0 Å². The largest absolute Gasteiger partial charge is 0.346 e. The van der Waals surface area contributed by atoms with Crippen molar-refractivity contribution in [3.63, 3.8) is 0 Å². The molecule has 0 aliphatic carbocycles. The van der Waals surface area contributed by atoms with Crippen LogP contribution in [0.4, 0.5) is 0 Å². The minimum absolute atomic E-state index is 0.120. The monoisotopic (exact) mass is 303 g/mol. The second-order valence-electron chi connectivity index (χ2n) is 5.28. The molecule has 1 aromatic heterocycles. The maximum atomic E-state index is 12.3. The van der Waals surface area contributed by atoms with E-state index >= 15 is 0 Å². The molecule has 1 N–H and O–H groups in total. The normalized spacial score (nSPS) is 10.3. The van der Waals surface area contributed by atoms with Crippen molar-refractivity contribution in [2.45, 2.75) is 13.5 Å². The van der Waals surface area contributed by atoms with E-state index in [1.165, 1.54) is 0 Å². The van der Waals surface area contributed by atoms with Gasteiger partial charge >= 0.3 is 0 Å². The minimum Gasteiger partial charge on any atom is -0.346 e. The highest BCUT2D eigenvalue weighted by atomic mass is 16.1. The SMILES string of the molecule is Cc1cnc(CNC(=O)c2cccc(-c3ccccc3)c2)cn1. The van der Waals surface area contributed by atoms with E-state index in [0.29, 0.717) is 12.1 Å². The van der Waals surface area contributed by atoms with Gasteiger partial charge < -0.3 is 5.32 Å². The molecule has 0 atom stereocenters. The van der Waals surface area contributed by atoms with Gasteiger partial charge in [-0.25, -0.2) is 0 Å². The molecule has 0 aliphatic rings. The molecular formula is C19H17N3O. The van der Waals surface area contributed by atoms with Crippen LogP contribution in [0.5, 0.6) is 0 Å². The summed E-state index contributed by atoms with van der Waals surface area (Å²) in [6.07, 6.45) is 3.37. The first-order valence-electron chi connectivity index (χ1n) is 7.43. The number of carbonyl (C=O) groups is 1. The second-order valence-corrected chi connectivity index (χ2v) is 5.28. The number of aromatic nitrogens is 2. The van der Waals surface area contributed by atoms with Gasteiger partial charge in [0.1, 0.15) is 0 Å². The molecule has 3 rings (SSSR count). The third kappa shape index (κ3) is 3.80. The maximum absolute atomic E-state index is 12.3. The summed E-state index contributed by atoms with van der Waals surface area (Å²) in [6, 6.07) is 17.6. The number of amides is 1. The average molecular weight is 303 g/mol. The van der Waals surface area contributed by atoms with Crippen molar-refractivity contribution in [2.24, 2.45) is 0 Å². The molecule has 4 heteroatoms. The van der Waals surface area contributed by atoms with Gasteiger partial charge in [0.05, 0.1) is 24.1 Å². The molecule has 0 aliphatic heterocycles. The molecule has 0 saturated carbocycles. The van der Waals surface area contributed by atoms with Crippen molar-refractivity contribution in [1.82, 2.24) is 15.3 Å². The molecule has 0 unspecified atom stereocenters. The molecule has 0 fully saturated rings. The van der Waals surface area contributed by atoms with Crippen molar-refractivity contribution in [2.75, 3.05) is 0 Å². The van der Waals surface area contributed by atoms with Gasteiger partial charge in [-0.15, -0.1) is 0 Å². The second kappa shape index (κ2) is 6.83. The average Bonchev–Trinajstić information content (AvgIpc) is 2.62. The molecule has 1 heterocycles. The fourth-order valence-electron chi connectivity index (χ4n) is 2.25. The predicted octanol–water partition coefficient (Wildman–Crippen LogP) is 3.38. The van der Waals surface area contributed by atoms with Crippen LogP contribution in [-0.2, 0) is 6.54 Å². The molecule has 2 aromatic carbocycles. The molecule has 1 amide bonds. The summed E-state index contributed by atoms with van der Waals surface area (Å²) >= 11 is 0. The first kappa shape index (κ1) is 14.9. The lowest BCUT2D eigenvalue weighted by molar-refractivity contribution is 0.0950. The molecule has 3 aromatic rings. The summed E-state index contributed by atoms with van der Waals surface area (Å²) in [7, 11) is 0. The van der Waals surface area contributed by atoms with Gasteiger partial charge in [0.15, 0.2) is 0 Å². The van der Waals surface area contributed by atoms with Crippen LogP contribution in [0, 0.1) is 6.92 Å². The van der Waals surface area contributed by atoms with Crippen LogP contribution in [0.1, 0.15) is 21.7 Å². The van der Waals surface area contributed by atoms with Gasteiger partial charge in [-0.1, -0.05) is 42.5 Å². The fourth-order valence-corrected chi connectivity index (χ4v) is 2.25. The van der Waals surface area contributed by atoms with E-state index in [4.69, 9.17) is 0 Å². The highest BCUT2D eigenvalue weighted by molar-refractivity contribution is 5.95. The van der Waals surface area contributed by atoms with E-state index in [1.54, 1.807) is 12.4 Å². The Balaban J connectivity index is 1.71. The number of hydrogen-bond donors (Lipinski definition) is 1. The molecule has 0 radical (unpaired) electrons. The van der Waals surface area contributed by atoms with Crippen molar-refractivity contribution in [3.05, 3.63) is 83.9 Å². The first-order valence-corrected chi connectivity index (χ1v) is 7.43. The number of nitrogens with one attached hydrogen (secondary N) is 1. The Kier molecular flexibility index (Phi) is 4.43. The van der Waals surface area contributed by atoms with Crippen LogP contribution >= 0.6 is 0 Å². The fraction of sp³-hybridized carbons (Fsp3) is 0.105. The molecule has 114 valence electrons. The summed E-state index contributed by atoms with van der Waals surface area (Å²) in [5.41, 5.74) is 4.34. The maximum Gasteiger partial charge on any atom is 0.251 e. The van der Waals surface area contributed by atoms with E-state index in [2.05, 4.69) is 15.3 Å². The minimum atomic E-state index is -0.120. The zero-order valence-electron chi connectivity index (χ0n) is 12.9. The number of carbonyl (C=O) groups excluding carboxylic acids is 1. The van der Waals surface area contributed by atoms with Gasteiger partial charge in [-0.3, -0.25) is 14.8 Å². The lowest BCUT2D eigenvalue weighted by Crippen LogP contribution is -2.23. The Morgan fingerprint density at radius 2 is 1.74 bits per heavy atom. The molecule has 0 spiro atoms. The number of aryl methyl sites for hydroxylation is 1. The topological polar surface area (TPSA) is 54.9 Å². The Labute approximate surface area is 135 Å². The van der Waals surface area contributed by atoms with Crippen molar-refractivity contribution >= 4 is 5.91 Å². The van der Waals surface area contributed by atoms with E-state index in [-0.39, 0.29) is 5.91 Å². The Morgan fingerprint density at radius 3 is 2.48 bits per heavy atom. The smallest absolute Gasteiger partial charge is 0.251 e. The van der Waals surface area contributed by atoms with Crippen LogP contribution in [0.3, 0.4) is 0 Å². The standard InChI is InChI=1S/C19H17N3O/c1-14-11-21-18(12-20-14)13-22-19(23)17-9-5-8-16(10-17)15-6-3-2-4-7-15/h2-12H,13H2,1H3,(H,22,23). The molecule has 0 bridgehead atoms. The van der Waals surface area contributed by atoms with Crippen molar-refractivity contribution in [3.8, 4) is 11.1 Å². The third-order valence-electron chi connectivity index (χ3n) is 3.50. The lowest BCUT2D eigenvalue weighted by atomic mass is 10.0. The Bertz CT molecular complexity index is 798. The first-order chi connectivity index (χ1) is 11.2. The quantitative estimate of drug-likeness (QED) is 0.804. The number of rotatable bonds is 4. The molecule has 0 saturated heterocycles. The highest BCUT2D eigenvalue weighted by Gasteiger charge is 2.07. The summed E-state index contributed by atoms with van der Waals surface area (Å²) in [6.45, 7) is 2.24. The van der Waals surface area contributed by atoms with Gasteiger partial charge in [0, 0.05) is 11.8 Å². The van der Waals surface area contributed by atoms with Gasteiger partial charge in [-0.2, -0.15) is 0 Å². The molecular weight excluding hydrogens is 286 g/mol. The van der Waals surface area contributed by atoms with Gasteiger partial charge in [-0.05, 0) is 30.2 Å². The number of hydrogen-bond acceptors (Lipinski definition) is 3. The summed E-state index contributed by atoms with van der Waals surface area (Å²) < 4.78 is 0. The number of benzene rings is 2. The van der Waals surface area contributed by atoms with Gasteiger partial charge in [0.2, 0.25) is 0 Å². The summed E-state index contributed by atoms with van der Waals surface area (Å²) in [5, 5.41) is 2.87. The Morgan fingerprint density at radius 1 is 0.957 bits per heavy atom. The zero-order valence-corrected chi connectivity index (χ0v) is 12.9. The summed E-state index contributed by atoms with van der Waals surface area (Å²) in [4.78, 5) is 20.7. The van der Waals surface area contributed by atoms with Gasteiger partial charge in [0.25, 0.3) is 5.91 Å². The van der Waals surface area contributed by atoms with Crippen molar-refractivity contribution < 1.29 is 4.79 Å². The summed E-state index contributed by atoms with van der Waals surface area (Å²) in [5.74, 6) is -0.120. The van der Waals surface area contributed by atoms with Crippen LogP contribution in [0.15, 0.2) is 67.0 Å². The van der Waals surface area contributed by atoms with Crippen LogP contribution in [0.25, 0.3) is 11.1 Å². The van der Waals surface area contributed by atoms with Crippen LogP contribution in [-0.4, -0.2) is 15.9 Å². The number of nitrogens with zero attached hydrogens (tertiary/aromatic N) is 2. The molecule has 4 nitrogen and oxygen atoms in total. The highest BCUT2D eigenvalue weighted by Crippen LogP contribution is 2.19. The lowest BCUT2D eigenvalue weighted by Gasteiger charge is -2.07. The van der Waals surface area contributed by atoms with E-state index in [9.17, 15) is 4.79 Å². The van der Waals surface area contributed by atoms with Crippen LogP contribution in [0.2, 0.25) is 0 Å². The Hall–Kier alpha value is -3.01. The third-order valence-corrected chi connectivity index (χ3v) is 3.50. The van der Waals surface area contributed by atoms with E-state index in [1.807, 2.05) is 61.5 Å².